The Morgan fingerprint density at radius 2 is 0.521 bits per heavy atom. The molecular formula is C65H114O6. The molecule has 0 aromatic rings. The molecule has 410 valence electrons. The Hall–Kier alpha value is -3.15. The van der Waals surface area contributed by atoms with Crippen LogP contribution in [0.4, 0.5) is 0 Å². The Morgan fingerprint density at radius 3 is 0.887 bits per heavy atom. The molecule has 0 aliphatic rings. The van der Waals surface area contributed by atoms with E-state index in [1.165, 1.54) is 193 Å². The Bertz CT molecular complexity index is 1320. The van der Waals surface area contributed by atoms with E-state index in [0.29, 0.717) is 19.3 Å². The van der Waals surface area contributed by atoms with Crippen molar-refractivity contribution in [3.8, 4) is 0 Å². The highest BCUT2D eigenvalue weighted by molar-refractivity contribution is 5.71. The van der Waals surface area contributed by atoms with Crippen LogP contribution in [0.15, 0.2) is 72.9 Å². The third kappa shape index (κ3) is 57.6. The van der Waals surface area contributed by atoms with Gasteiger partial charge in [0.1, 0.15) is 13.2 Å². The molecule has 0 spiro atoms. The van der Waals surface area contributed by atoms with Crippen molar-refractivity contribution in [1.29, 1.82) is 0 Å². The largest absolute Gasteiger partial charge is 0.462 e. The molecule has 0 aliphatic carbocycles. The van der Waals surface area contributed by atoms with Crippen molar-refractivity contribution in [3.05, 3.63) is 72.9 Å². The van der Waals surface area contributed by atoms with Crippen LogP contribution >= 0.6 is 0 Å². The van der Waals surface area contributed by atoms with Crippen molar-refractivity contribution in [2.45, 2.75) is 309 Å². The lowest BCUT2D eigenvalue weighted by Crippen LogP contribution is -2.30. The molecule has 0 N–H and O–H groups in total. The molecule has 0 aliphatic heterocycles. The van der Waals surface area contributed by atoms with E-state index in [0.717, 1.165) is 64.2 Å². The van der Waals surface area contributed by atoms with Gasteiger partial charge in [-0.2, -0.15) is 0 Å². The number of esters is 3. The molecule has 71 heavy (non-hydrogen) atoms. The van der Waals surface area contributed by atoms with Gasteiger partial charge >= 0.3 is 17.9 Å². The van der Waals surface area contributed by atoms with Crippen molar-refractivity contribution < 1.29 is 28.6 Å². The quantitative estimate of drug-likeness (QED) is 0.0261. The maximum atomic E-state index is 12.9. The average molecular weight is 992 g/mol. The molecule has 0 bridgehead atoms. The summed E-state index contributed by atoms with van der Waals surface area (Å²) in [6.45, 7) is 6.57. The number of ether oxygens (including phenoxy) is 3. The molecule has 6 nitrogen and oxygen atoms in total. The van der Waals surface area contributed by atoms with Crippen LogP contribution in [0.1, 0.15) is 303 Å². The normalized spacial score (nSPS) is 12.5. The van der Waals surface area contributed by atoms with Crippen LogP contribution in [0.25, 0.3) is 0 Å². The molecule has 0 rings (SSSR count). The summed E-state index contributed by atoms with van der Waals surface area (Å²) in [5, 5.41) is 0. The lowest BCUT2D eigenvalue weighted by atomic mass is 10.0. The minimum atomic E-state index is -0.806. The predicted octanol–water partition coefficient (Wildman–Crippen LogP) is 20.5. The van der Waals surface area contributed by atoms with Crippen LogP contribution in [0.5, 0.6) is 0 Å². The summed E-state index contributed by atoms with van der Waals surface area (Å²) in [4.78, 5) is 38.2. The molecule has 0 saturated carbocycles. The number of rotatable bonds is 55. The molecule has 0 unspecified atom stereocenters. The minimum absolute atomic E-state index is 0.0975. The summed E-state index contributed by atoms with van der Waals surface area (Å²) in [5.74, 6) is -0.949. The summed E-state index contributed by atoms with van der Waals surface area (Å²) in [5.41, 5.74) is 0. The van der Waals surface area contributed by atoms with E-state index >= 15 is 0 Å². The Morgan fingerprint density at radius 1 is 0.282 bits per heavy atom. The second-order valence-electron chi connectivity index (χ2n) is 20.2. The maximum Gasteiger partial charge on any atom is 0.306 e. The zero-order valence-corrected chi connectivity index (χ0v) is 47.0. The second kappa shape index (κ2) is 59.4. The van der Waals surface area contributed by atoms with E-state index < -0.39 is 6.10 Å². The van der Waals surface area contributed by atoms with Crippen molar-refractivity contribution in [1.82, 2.24) is 0 Å². The van der Waals surface area contributed by atoms with Gasteiger partial charge in [-0.15, -0.1) is 0 Å². The van der Waals surface area contributed by atoms with Crippen LogP contribution in [-0.2, 0) is 28.6 Å². The van der Waals surface area contributed by atoms with Gasteiger partial charge in [-0.05, 0) is 109 Å². The molecule has 0 heterocycles. The fraction of sp³-hybridized carbons (Fsp3) is 0.769. The number of carbonyl (C=O) groups is 3. The first-order valence-corrected chi connectivity index (χ1v) is 30.4. The van der Waals surface area contributed by atoms with Crippen LogP contribution in [-0.4, -0.2) is 37.2 Å². The summed E-state index contributed by atoms with van der Waals surface area (Å²) in [7, 11) is 0. The number of hydrogen-bond donors (Lipinski definition) is 0. The highest BCUT2D eigenvalue weighted by atomic mass is 16.6. The smallest absolute Gasteiger partial charge is 0.306 e. The molecule has 0 amide bonds. The second-order valence-corrected chi connectivity index (χ2v) is 20.2. The molecular weight excluding hydrogens is 877 g/mol. The highest BCUT2D eigenvalue weighted by Crippen LogP contribution is 2.15. The third-order valence-corrected chi connectivity index (χ3v) is 13.2. The van der Waals surface area contributed by atoms with Crippen molar-refractivity contribution >= 4 is 17.9 Å². The van der Waals surface area contributed by atoms with E-state index in [-0.39, 0.29) is 37.5 Å². The first-order valence-electron chi connectivity index (χ1n) is 30.4. The molecule has 0 radical (unpaired) electrons. The van der Waals surface area contributed by atoms with E-state index in [1.807, 2.05) is 0 Å². The van der Waals surface area contributed by atoms with Crippen LogP contribution in [0.2, 0.25) is 0 Å². The van der Waals surface area contributed by atoms with Crippen molar-refractivity contribution in [2.24, 2.45) is 0 Å². The summed E-state index contributed by atoms with van der Waals surface area (Å²) >= 11 is 0. The average Bonchev–Trinajstić information content (AvgIpc) is 3.37. The molecule has 0 fully saturated rings. The van der Waals surface area contributed by atoms with Gasteiger partial charge in [-0.1, -0.05) is 248 Å². The van der Waals surface area contributed by atoms with Gasteiger partial charge in [0, 0.05) is 19.3 Å². The number of allylic oxidation sites excluding steroid dienone is 12. The molecule has 6 heteroatoms. The Labute approximate surface area is 440 Å². The van der Waals surface area contributed by atoms with Gasteiger partial charge in [0.25, 0.3) is 0 Å². The molecule has 0 saturated heterocycles. The first-order chi connectivity index (χ1) is 35.0. The van der Waals surface area contributed by atoms with Gasteiger partial charge < -0.3 is 14.2 Å². The maximum absolute atomic E-state index is 12.9. The van der Waals surface area contributed by atoms with Gasteiger partial charge in [-0.3, -0.25) is 14.4 Å². The Balaban J connectivity index is 4.42. The van der Waals surface area contributed by atoms with Crippen molar-refractivity contribution in [2.75, 3.05) is 13.2 Å². The van der Waals surface area contributed by atoms with E-state index in [2.05, 4.69) is 93.7 Å². The van der Waals surface area contributed by atoms with E-state index in [9.17, 15) is 14.4 Å². The van der Waals surface area contributed by atoms with Gasteiger partial charge in [0.15, 0.2) is 6.10 Å². The minimum Gasteiger partial charge on any atom is -0.462 e. The van der Waals surface area contributed by atoms with Crippen LogP contribution in [0, 0.1) is 0 Å². The lowest BCUT2D eigenvalue weighted by molar-refractivity contribution is -0.167. The van der Waals surface area contributed by atoms with E-state index in [4.69, 9.17) is 14.2 Å². The molecule has 1 atom stereocenters. The van der Waals surface area contributed by atoms with Crippen molar-refractivity contribution in [3.63, 3.8) is 0 Å². The number of unbranched alkanes of at least 4 members (excludes halogenated alkanes) is 32. The van der Waals surface area contributed by atoms with Gasteiger partial charge in [-0.25, -0.2) is 0 Å². The zero-order chi connectivity index (χ0) is 51.4. The molecule has 0 aromatic carbocycles. The fourth-order valence-corrected chi connectivity index (χ4v) is 8.54. The Kier molecular flexibility index (Phi) is 56.8. The highest BCUT2D eigenvalue weighted by Gasteiger charge is 2.19. The predicted molar refractivity (Wildman–Crippen MR) is 307 cm³/mol. The molecule has 0 aromatic heterocycles. The topological polar surface area (TPSA) is 78.9 Å². The van der Waals surface area contributed by atoms with Crippen LogP contribution in [0.3, 0.4) is 0 Å². The summed E-state index contributed by atoms with van der Waals surface area (Å²) < 4.78 is 16.8. The lowest BCUT2D eigenvalue weighted by Gasteiger charge is -2.18. The zero-order valence-electron chi connectivity index (χ0n) is 47.0. The van der Waals surface area contributed by atoms with E-state index in [1.54, 1.807) is 0 Å². The number of carbonyl (C=O) groups excluding carboxylic acids is 3. The summed E-state index contributed by atoms with van der Waals surface area (Å²) in [6, 6.07) is 0. The van der Waals surface area contributed by atoms with Gasteiger partial charge in [0.2, 0.25) is 0 Å². The SMILES string of the molecule is CCCCC/C=C\C/C=C\C/C=C\C/C=C\CCCC(=O)O[C@@H](COC(=O)CCCCCCCCC/C=C\CCCCCC)COC(=O)CCCCCCCCCCCCC/C=C\CCCCCCCC. The van der Waals surface area contributed by atoms with Crippen LogP contribution < -0.4 is 0 Å². The fourth-order valence-electron chi connectivity index (χ4n) is 8.54. The summed E-state index contributed by atoms with van der Waals surface area (Å²) in [6.07, 6.45) is 76.2. The number of hydrogen-bond acceptors (Lipinski definition) is 6. The monoisotopic (exact) mass is 991 g/mol. The third-order valence-electron chi connectivity index (χ3n) is 13.2. The standard InChI is InChI=1S/C65H114O6/c1-4-7-10-13-16-19-22-25-28-30-31-32-33-35-37-40-43-46-49-52-55-58-64(67)70-61-62(60-69-63(66)57-54-51-48-45-42-39-36-27-24-21-18-15-12-9-6-3)71-65(68)59-56-53-50-47-44-41-38-34-29-26-23-20-17-14-11-8-5-2/h17,20-21,24-26,28-29,38,41,47,50,62H,4-16,18-19,22-23,27,30-37,39-40,42-46,48-49,51-61H2,1-3H3/b20-17-,24-21-,28-25-,29-26-,41-38-,50-47-/t62-/m0/s1. The first kappa shape index (κ1) is 67.8. The van der Waals surface area contributed by atoms with Gasteiger partial charge in [0.05, 0.1) is 0 Å².